The van der Waals surface area contributed by atoms with E-state index in [0.29, 0.717) is 23.8 Å². The van der Waals surface area contributed by atoms with Gasteiger partial charge in [0.2, 0.25) is 0 Å². The number of nitrogens with zero attached hydrogens (tertiary/aromatic N) is 2. The molecule has 0 saturated heterocycles. The Labute approximate surface area is 106 Å². The molecule has 2 aliphatic rings. The third kappa shape index (κ3) is 1.90. The molecule has 0 N–H and O–H groups in total. The number of rotatable bonds is 2. The Balaban J connectivity index is 1.95. The van der Waals surface area contributed by atoms with Gasteiger partial charge >= 0.3 is 0 Å². The monoisotopic (exact) mass is 246 g/mol. The fraction of sp³-hybridized carbons (Fsp3) is 0.500. The van der Waals surface area contributed by atoms with Crippen LogP contribution in [0.2, 0.25) is 0 Å². The number of hydrogen-bond donors (Lipinski definition) is 0. The van der Waals surface area contributed by atoms with E-state index >= 15 is 0 Å². The smallest absolute Gasteiger partial charge is 0.146 e. The molecule has 0 radical (unpaired) electrons. The normalized spacial score (nSPS) is 18.6. The molecule has 0 bridgehead atoms. The highest BCUT2D eigenvalue weighted by molar-refractivity contribution is 5.69. The van der Waals surface area contributed by atoms with Crippen molar-refractivity contribution in [1.29, 1.82) is 5.26 Å². The SMILES string of the molecule is N#Cc1cc(F)cc2c1N(CC1CCC1)CCO2. The van der Waals surface area contributed by atoms with Crippen LogP contribution < -0.4 is 9.64 Å². The van der Waals surface area contributed by atoms with Crippen molar-refractivity contribution in [3.8, 4) is 11.8 Å². The highest BCUT2D eigenvalue weighted by Gasteiger charge is 2.27. The topological polar surface area (TPSA) is 36.3 Å². The minimum absolute atomic E-state index is 0.379. The zero-order valence-corrected chi connectivity index (χ0v) is 10.2. The first-order valence-electron chi connectivity index (χ1n) is 6.39. The van der Waals surface area contributed by atoms with Gasteiger partial charge in [0.25, 0.3) is 0 Å². The van der Waals surface area contributed by atoms with E-state index in [9.17, 15) is 4.39 Å². The summed E-state index contributed by atoms with van der Waals surface area (Å²) in [5, 5.41) is 9.14. The number of anilines is 1. The third-order valence-corrected chi connectivity index (χ3v) is 3.80. The van der Waals surface area contributed by atoms with Crippen molar-refractivity contribution in [2.45, 2.75) is 19.3 Å². The van der Waals surface area contributed by atoms with E-state index in [1.165, 1.54) is 31.4 Å². The summed E-state index contributed by atoms with van der Waals surface area (Å²) in [6, 6.07) is 4.74. The number of benzene rings is 1. The van der Waals surface area contributed by atoms with Gasteiger partial charge in [-0.2, -0.15) is 5.26 Å². The van der Waals surface area contributed by atoms with E-state index in [0.717, 1.165) is 18.8 Å². The van der Waals surface area contributed by atoms with Crippen LogP contribution in [0, 0.1) is 23.1 Å². The zero-order chi connectivity index (χ0) is 12.5. The summed E-state index contributed by atoms with van der Waals surface area (Å²) < 4.78 is 18.8. The minimum atomic E-state index is -0.407. The van der Waals surface area contributed by atoms with E-state index in [2.05, 4.69) is 11.0 Å². The molecule has 0 unspecified atom stereocenters. The molecule has 1 aliphatic heterocycles. The summed E-state index contributed by atoms with van der Waals surface area (Å²) in [4.78, 5) is 2.18. The molecule has 1 aromatic rings. The Morgan fingerprint density at radius 3 is 2.94 bits per heavy atom. The van der Waals surface area contributed by atoms with E-state index in [-0.39, 0.29) is 0 Å². The summed E-state index contributed by atoms with van der Waals surface area (Å²) in [6.45, 7) is 2.30. The van der Waals surface area contributed by atoms with Crippen LogP contribution in [0.3, 0.4) is 0 Å². The van der Waals surface area contributed by atoms with Crippen LogP contribution in [0.5, 0.6) is 5.75 Å². The van der Waals surface area contributed by atoms with Crippen LogP contribution in [0.1, 0.15) is 24.8 Å². The number of ether oxygens (including phenoxy) is 1. The largest absolute Gasteiger partial charge is 0.489 e. The molecule has 1 saturated carbocycles. The quantitative estimate of drug-likeness (QED) is 0.805. The van der Waals surface area contributed by atoms with Crippen molar-refractivity contribution < 1.29 is 9.13 Å². The third-order valence-electron chi connectivity index (χ3n) is 3.80. The van der Waals surface area contributed by atoms with E-state index in [1.807, 2.05) is 0 Å². The summed E-state index contributed by atoms with van der Waals surface area (Å²) in [5.41, 5.74) is 1.15. The van der Waals surface area contributed by atoms with Crippen molar-refractivity contribution in [1.82, 2.24) is 0 Å². The van der Waals surface area contributed by atoms with Crippen LogP contribution in [0.25, 0.3) is 0 Å². The average molecular weight is 246 g/mol. The van der Waals surface area contributed by atoms with E-state index in [4.69, 9.17) is 10.00 Å². The lowest BCUT2D eigenvalue weighted by atomic mass is 9.85. The minimum Gasteiger partial charge on any atom is -0.489 e. The zero-order valence-electron chi connectivity index (χ0n) is 10.2. The molecule has 94 valence electrons. The number of nitriles is 1. The predicted octanol–water partition coefficient (Wildman–Crippen LogP) is 2.70. The van der Waals surface area contributed by atoms with Gasteiger partial charge in [-0.3, -0.25) is 0 Å². The van der Waals surface area contributed by atoms with Gasteiger partial charge in [-0.15, -0.1) is 0 Å². The Morgan fingerprint density at radius 1 is 1.44 bits per heavy atom. The van der Waals surface area contributed by atoms with Crippen LogP contribution in [0.4, 0.5) is 10.1 Å². The second-order valence-electron chi connectivity index (χ2n) is 5.00. The maximum absolute atomic E-state index is 13.4. The summed E-state index contributed by atoms with van der Waals surface area (Å²) >= 11 is 0. The lowest BCUT2D eigenvalue weighted by molar-refractivity contribution is 0.277. The fourth-order valence-electron chi connectivity index (χ4n) is 2.64. The van der Waals surface area contributed by atoms with E-state index in [1.54, 1.807) is 0 Å². The first-order valence-corrected chi connectivity index (χ1v) is 6.39. The molecule has 1 heterocycles. The van der Waals surface area contributed by atoms with Gasteiger partial charge in [0, 0.05) is 12.6 Å². The first kappa shape index (κ1) is 11.3. The molecule has 4 heteroatoms. The maximum atomic E-state index is 13.4. The van der Waals surface area contributed by atoms with Gasteiger partial charge in [-0.25, -0.2) is 4.39 Å². The molecule has 3 rings (SSSR count). The Bertz CT molecular complexity index is 505. The summed E-state index contributed by atoms with van der Waals surface area (Å²) in [6.07, 6.45) is 3.82. The predicted molar refractivity (Wildman–Crippen MR) is 66.2 cm³/mol. The number of hydrogen-bond acceptors (Lipinski definition) is 3. The Hall–Kier alpha value is -1.76. The molecule has 0 atom stereocenters. The lowest BCUT2D eigenvalue weighted by Gasteiger charge is -2.37. The van der Waals surface area contributed by atoms with Crippen molar-refractivity contribution in [3.05, 3.63) is 23.5 Å². The molecular weight excluding hydrogens is 231 g/mol. The second kappa shape index (κ2) is 4.49. The van der Waals surface area contributed by atoms with Crippen molar-refractivity contribution >= 4 is 5.69 Å². The summed E-state index contributed by atoms with van der Waals surface area (Å²) in [5.74, 6) is 0.820. The summed E-state index contributed by atoms with van der Waals surface area (Å²) in [7, 11) is 0. The van der Waals surface area contributed by atoms with Gasteiger partial charge in [0.15, 0.2) is 0 Å². The lowest BCUT2D eigenvalue weighted by Crippen LogP contribution is -2.38. The highest BCUT2D eigenvalue weighted by Crippen LogP contribution is 2.38. The molecule has 3 nitrogen and oxygen atoms in total. The standard InChI is InChI=1S/C14H15FN2O/c15-12-6-11(8-16)14-13(7-12)18-5-4-17(14)9-10-2-1-3-10/h6-7,10H,1-5,9H2. The first-order chi connectivity index (χ1) is 8.78. The van der Waals surface area contributed by atoms with E-state index < -0.39 is 5.82 Å². The highest BCUT2D eigenvalue weighted by atomic mass is 19.1. The molecule has 0 spiro atoms. The van der Waals surface area contributed by atoms with Crippen molar-refractivity contribution in [3.63, 3.8) is 0 Å². The molecule has 1 aromatic carbocycles. The Morgan fingerprint density at radius 2 is 2.28 bits per heavy atom. The molecule has 18 heavy (non-hydrogen) atoms. The molecule has 0 amide bonds. The fourth-order valence-corrected chi connectivity index (χ4v) is 2.64. The molecule has 1 fully saturated rings. The van der Waals surface area contributed by atoms with Gasteiger partial charge < -0.3 is 9.64 Å². The van der Waals surface area contributed by atoms with Gasteiger partial charge in [-0.05, 0) is 24.8 Å². The molecule has 1 aliphatic carbocycles. The average Bonchev–Trinajstić information content (AvgIpc) is 2.32. The molecule has 0 aromatic heterocycles. The number of halogens is 1. The number of fused-ring (bicyclic) bond motifs is 1. The van der Waals surface area contributed by atoms with Gasteiger partial charge in [0.05, 0.1) is 17.8 Å². The van der Waals surface area contributed by atoms with Crippen molar-refractivity contribution in [2.24, 2.45) is 5.92 Å². The van der Waals surface area contributed by atoms with Gasteiger partial charge in [0.1, 0.15) is 24.2 Å². The van der Waals surface area contributed by atoms with Crippen molar-refractivity contribution in [2.75, 3.05) is 24.6 Å². The van der Waals surface area contributed by atoms with Crippen LogP contribution in [0.15, 0.2) is 12.1 Å². The van der Waals surface area contributed by atoms with Crippen LogP contribution in [-0.2, 0) is 0 Å². The maximum Gasteiger partial charge on any atom is 0.146 e. The van der Waals surface area contributed by atoms with Crippen LogP contribution >= 0.6 is 0 Å². The van der Waals surface area contributed by atoms with Gasteiger partial charge in [-0.1, -0.05) is 6.42 Å². The molecular formula is C14H15FN2O. The second-order valence-corrected chi connectivity index (χ2v) is 5.00. The van der Waals surface area contributed by atoms with Crippen LogP contribution in [-0.4, -0.2) is 19.7 Å². The Kier molecular flexibility index (Phi) is 2.83.